The minimum Gasteiger partial charge on any atom is -0.399 e. The van der Waals surface area contributed by atoms with Gasteiger partial charge in [0.15, 0.2) is 0 Å². The van der Waals surface area contributed by atoms with Gasteiger partial charge in [-0.05, 0) is 48.2 Å². The van der Waals surface area contributed by atoms with Crippen LogP contribution in [0.5, 0.6) is 0 Å². The molecule has 2 aromatic rings. The van der Waals surface area contributed by atoms with Crippen LogP contribution >= 0.6 is 12.4 Å². The number of rotatable bonds is 7. The van der Waals surface area contributed by atoms with Crippen LogP contribution in [-0.2, 0) is 17.6 Å². The number of benzene rings is 2. The molecular weight excluding hydrogens is 327 g/mol. The predicted octanol–water partition coefficient (Wildman–Crippen LogP) is 3.85. The number of hydrogen-bond donors (Lipinski definition) is 1. The van der Waals surface area contributed by atoms with Gasteiger partial charge in [0.05, 0.1) is 6.42 Å². The van der Waals surface area contributed by atoms with E-state index in [2.05, 4.69) is 0 Å². The summed E-state index contributed by atoms with van der Waals surface area (Å²) >= 11 is 0. The van der Waals surface area contributed by atoms with Crippen molar-refractivity contribution in [3.8, 4) is 0 Å². The summed E-state index contributed by atoms with van der Waals surface area (Å²) in [7, 11) is 0. The van der Waals surface area contributed by atoms with Crippen molar-refractivity contribution in [2.24, 2.45) is 0 Å². The molecule has 1 amide bonds. The first-order valence-corrected chi connectivity index (χ1v) is 7.95. The van der Waals surface area contributed by atoms with Gasteiger partial charge in [-0.25, -0.2) is 4.39 Å². The lowest BCUT2D eigenvalue weighted by Gasteiger charge is -2.22. The molecule has 0 fully saturated rings. The molecule has 0 saturated carbocycles. The maximum absolute atomic E-state index is 13.2. The molecule has 0 aliphatic carbocycles. The first-order valence-electron chi connectivity index (χ1n) is 7.95. The number of nitrogens with two attached hydrogens (primary N) is 1. The first kappa shape index (κ1) is 20.0. The van der Waals surface area contributed by atoms with Crippen molar-refractivity contribution in [1.82, 2.24) is 4.90 Å². The Balaban J connectivity index is 0.00000288. The number of carbonyl (C=O) groups excluding carboxylic acids is 1. The van der Waals surface area contributed by atoms with Crippen molar-refractivity contribution in [3.05, 3.63) is 65.5 Å². The minimum absolute atomic E-state index is 0. The van der Waals surface area contributed by atoms with Crippen molar-refractivity contribution >= 4 is 24.0 Å². The summed E-state index contributed by atoms with van der Waals surface area (Å²) in [5.74, 6) is -0.147. The number of amides is 1. The second kappa shape index (κ2) is 9.93. The Morgan fingerprint density at radius 2 is 1.79 bits per heavy atom. The maximum atomic E-state index is 13.2. The molecule has 2 aromatic carbocycles. The molecule has 0 aliphatic rings. The van der Waals surface area contributed by atoms with E-state index >= 15 is 0 Å². The minimum atomic E-state index is -0.238. The van der Waals surface area contributed by atoms with E-state index in [-0.39, 0.29) is 24.1 Å². The molecule has 0 aromatic heterocycles. The van der Waals surface area contributed by atoms with Gasteiger partial charge < -0.3 is 10.6 Å². The number of hydrogen-bond acceptors (Lipinski definition) is 2. The molecule has 24 heavy (non-hydrogen) atoms. The Kier molecular flexibility index (Phi) is 8.27. The van der Waals surface area contributed by atoms with Crippen LogP contribution in [0.1, 0.15) is 24.5 Å². The molecule has 0 spiro atoms. The van der Waals surface area contributed by atoms with Crippen molar-refractivity contribution in [2.75, 3.05) is 18.8 Å². The molecule has 0 unspecified atom stereocenters. The third kappa shape index (κ3) is 6.20. The van der Waals surface area contributed by atoms with Crippen LogP contribution in [0.3, 0.4) is 0 Å². The molecule has 2 N–H and O–H groups in total. The fraction of sp³-hybridized carbons (Fsp3) is 0.316. The third-order valence-electron chi connectivity index (χ3n) is 3.74. The second-order valence-electron chi connectivity index (χ2n) is 5.68. The van der Waals surface area contributed by atoms with E-state index in [9.17, 15) is 9.18 Å². The van der Waals surface area contributed by atoms with Crippen molar-refractivity contribution in [1.29, 1.82) is 0 Å². The van der Waals surface area contributed by atoms with E-state index in [0.29, 0.717) is 31.6 Å². The first-order chi connectivity index (χ1) is 11.1. The highest BCUT2D eigenvalue weighted by Gasteiger charge is 2.13. The summed E-state index contributed by atoms with van der Waals surface area (Å²) in [6.45, 7) is 3.36. The number of nitrogens with zero attached hydrogens (tertiary/aromatic N) is 1. The maximum Gasteiger partial charge on any atom is 0.226 e. The fourth-order valence-electron chi connectivity index (χ4n) is 2.51. The summed E-state index contributed by atoms with van der Waals surface area (Å²) in [6, 6.07) is 13.9. The smallest absolute Gasteiger partial charge is 0.226 e. The predicted molar refractivity (Wildman–Crippen MR) is 98.8 cm³/mol. The molecule has 2 rings (SSSR count). The average molecular weight is 351 g/mol. The van der Waals surface area contributed by atoms with Crippen LogP contribution in [-0.4, -0.2) is 23.9 Å². The van der Waals surface area contributed by atoms with Gasteiger partial charge in [-0.2, -0.15) is 0 Å². The van der Waals surface area contributed by atoms with Gasteiger partial charge >= 0.3 is 0 Å². The second-order valence-corrected chi connectivity index (χ2v) is 5.68. The van der Waals surface area contributed by atoms with E-state index in [1.54, 1.807) is 18.2 Å². The van der Waals surface area contributed by atoms with Crippen LogP contribution in [0, 0.1) is 5.82 Å². The third-order valence-corrected chi connectivity index (χ3v) is 3.74. The normalized spacial score (nSPS) is 10.1. The summed E-state index contributed by atoms with van der Waals surface area (Å²) in [5.41, 5.74) is 8.22. The van der Waals surface area contributed by atoms with Gasteiger partial charge in [0.2, 0.25) is 5.91 Å². The summed E-state index contributed by atoms with van der Waals surface area (Å²) < 4.78 is 13.2. The monoisotopic (exact) mass is 350 g/mol. The molecule has 3 nitrogen and oxygen atoms in total. The molecule has 130 valence electrons. The highest BCUT2D eigenvalue weighted by molar-refractivity contribution is 5.85. The Labute approximate surface area is 149 Å². The zero-order chi connectivity index (χ0) is 16.7. The lowest BCUT2D eigenvalue weighted by Crippen LogP contribution is -2.34. The fourth-order valence-corrected chi connectivity index (χ4v) is 2.51. The van der Waals surface area contributed by atoms with Crippen LogP contribution in [0.25, 0.3) is 0 Å². The van der Waals surface area contributed by atoms with Gasteiger partial charge in [-0.15, -0.1) is 12.4 Å². The number of anilines is 1. The van der Waals surface area contributed by atoms with E-state index < -0.39 is 0 Å². The molecule has 5 heteroatoms. The Hall–Kier alpha value is -2.07. The standard InChI is InChI=1S/C19H23FN2O.ClH/c1-2-11-22(12-10-15-4-3-5-17(20)13-15)19(23)14-16-6-8-18(21)9-7-16;/h3-9,13H,2,10-12,14,21H2,1H3;1H. The van der Waals surface area contributed by atoms with Crippen molar-refractivity contribution in [3.63, 3.8) is 0 Å². The van der Waals surface area contributed by atoms with Crippen LogP contribution in [0.4, 0.5) is 10.1 Å². The van der Waals surface area contributed by atoms with E-state index in [1.165, 1.54) is 12.1 Å². The van der Waals surface area contributed by atoms with Crippen LogP contribution in [0.2, 0.25) is 0 Å². The SMILES string of the molecule is CCCN(CCc1cccc(F)c1)C(=O)Cc1ccc(N)cc1.Cl. The zero-order valence-electron chi connectivity index (χ0n) is 13.9. The highest BCUT2D eigenvalue weighted by Crippen LogP contribution is 2.10. The molecular formula is C19H24ClFN2O. The Morgan fingerprint density at radius 1 is 1.08 bits per heavy atom. The quantitative estimate of drug-likeness (QED) is 0.771. The van der Waals surface area contributed by atoms with Crippen LogP contribution < -0.4 is 5.73 Å². The average Bonchev–Trinajstić information content (AvgIpc) is 2.53. The van der Waals surface area contributed by atoms with Crippen molar-refractivity contribution in [2.45, 2.75) is 26.2 Å². The topological polar surface area (TPSA) is 46.3 Å². The molecule has 0 heterocycles. The van der Waals surface area contributed by atoms with Crippen molar-refractivity contribution < 1.29 is 9.18 Å². The van der Waals surface area contributed by atoms with E-state index in [0.717, 1.165) is 17.5 Å². The number of carbonyl (C=O) groups is 1. The lowest BCUT2D eigenvalue weighted by molar-refractivity contribution is -0.130. The molecule has 0 saturated heterocycles. The summed E-state index contributed by atoms with van der Waals surface area (Å²) in [5, 5.41) is 0. The zero-order valence-corrected chi connectivity index (χ0v) is 14.7. The van der Waals surface area contributed by atoms with Gasteiger partial charge in [0.25, 0.3) is 0 Å². The highest BCUT2D eigenvalue weighted by atomic mass is 35.5. The summed E-state index contributed by atoms with van der Waals surface area (Å²) in [6.07, 6.45) is 1.92. The van der Waals surface area contributed by atoms with Gasteiger partial charge in [0, 0.05) is 18.8 Å². The van der Waals surface area contributed by atoms with Crippen LogP contribution in [0.15, 0.2) is 48.5 Å². The molecule has 0 atom stereocenters. The van der Waals surface area contributed by atoms with Gasteiger partial charge in [-0.1, -0.05) is 31.2 Å². The molecule has 0 bridgehead atoms. The molecule has 0 radical (unpaired) electrons. The largest absolute Gasteiger partial charge is 0.399 e. The van der Waals surface area contributed by atoms with E-state index in [1.807, 2.05) is 30.0 Å². The summed E-state index contributed by atoms with van der Waals surface area (Å²) in [4.78, 5) is 14.3. The van der Waals surface area contributed by atoms with Gasteiger partial charge in [0.1, 0.15) is 5.82 Å². The Bertz CT molecular complexity index is 646. The number of halogens is 2. The molecule has 0 aliphatic heterocycles. The van der Waals surface area contributed by atoms with Gasteiger partial charge in [-0.3, -0.25) is 4.79 Å². The lowest BCUT2D eigenvalue weighted by atomic mass is 10.1. The Morgan fingerprint density at radius 3 is 2.42 bits per heavy atom. The van der Waals surface area contributed by atoms with E-state index in [4.69, 9.17) is 5.73 Å². The number of nitrogen functional groups attached to an aromatic ring is 1.